The Labute approximate surface area is 189 Å². The monoisotopic (exact) mass is 449 g/mol. The average Bonchev–Trinajstić information content (AvgIpc) is 3.23. The van der Waals surface area contributed by atoms with Gasteiger partial charge in [0.2, 0.25) is 5.88 Å². The molecule has 5 N–H and O–H groups in total. The zero-order valence-electron chi connectivity index (χ0n) is 17.9. The third-order valence-corrected chi connectivity index (χ3v) is 4.98. The zero-order valence-corrected chi connectivity index (χ0v) is 17.9. The molecule has 0 saturated heterocycles. The summed E-state index contributed by atoms with van der Waals surface area (Å²) in [6.45, 7) is 3.29. The molecular formula is C22H23N7O4. The van der Waals surface area contributed by atoms with E-state index in [1.807, 2.05) is 6.07 Å². The second-order valence-corrected chi connectivity index (χ2v) is 7.20. The lowest BCUT2D eigenvalue weighted by molar-refractivity contribution is -0.135. The summed E-state index contributed by atoms with van der Waals surface area (Å²) in [5.41, 5.74) is 7.84. The summed E-state index contributed by atoms with van der Waals surface area (Å²) in [6, 6.07) is 6.53. The van der Waals surface area contributed by atoms with E-state index in [2.05, 4.69) is 20.6 Å². The van der Waals surface area contributed by atoms with Crippen LogP contribution >= 0.6 is 0 Å². The highest BCUT2D eigenvalue weighted by molar-refractivity contribution is 6.39. The highest BCUT2D eigenvalue weighted by Gasteiger charge is 2.17. The number of carbonyl (C=O) groups is 2. The summed E-state index contributed by atoms with van der Waals surface area (Å²) in [6.07, 6.45) is 4.89. The van der Waals surface area contributed by atoms with Gasteiger partial charge in [0, 0.05) is 29.8 Å². The van der Waals surface area contributed by atoms with Crippen molar-refractivity contribution in [3.63, 3.8) is 0 Å². The van der Waals surface area contributed by atoms with Gasteiger partial charge in [0.25, 0.3) is 0 Å². The average molecular weight is 449 g/mol. The maximum atomic E-state index is 12.6. The molecule has 11 heteroatoms. The number of hydrogen-bond donors (Lipinski definition) is 4. The largest absolute Gasteiger partial charge is 0.461 e. The number of nitrogens with zero attached hydrogens (tertiary/aromatic N) is 3. The van der Waals surface area contributed by atoms with Crippen LogP contribution in [0.3, 0.4) is 0 Å². The first kappa shape index (κ1) is 22.0. The summed E-state index contributed by atoms with van der Waals surface area (Å²) in [4.78, 5) is 32.7. The van der Waals surface area contributed by atoms with Gasteiger partial charge in [-0.2, -0.15) is 0 Å². The number of carbonyl (C=O) groups excluding carboxylic acids is 2. The van der Waals surface area contributed by atoms with Gasteiger partial charge in [-0.3, -0.25) is 15.3 Å². The van der Waals surface area contributed by atoms with E-state index in [4.69, 9.17) is 20.6 Å². The van der Waals surface area contributed by atoms with E-state index < -0.39 is 17.7 Å². The summed E-state index contributed by atoms with van der Waals surface area (Å²) in [5, 5.41) is 14.1. The van der Waals surface area contributed by atoms with Gasteiger partial charge in [-0.05, 0) is 44.2 Å². The molecule has 0 spiro atoms. The SMILES string of the molecule is CCOC(=O)C(=N)/C=C(\N)NC(=O)n1ccc2cc(Oc3ncnc4c3CCNC4)ccc21. The number of nitrogens with two attached hydrogens (primary N) is 1. The fourth-order valence-electron chi connectivity index (χ4n) is 3.46. The van der Waals surface area contributed by atoms with Crippen molar-refractivity contribution in [1.82, 2.24) is 25.2 Å². The van der Waals surface area contributed by atoms with E-state index in [-0.39, 0.29) is 12.4 Å². The Kier molecular flexibility index (Phi) is 6.31. The molecule has 0 bridgehead atoms. The predicted molar refractivity (Wildman–Crippen MR) is 120 cm³/mol. The van der Waals surface area contributed by atoms with Crippen LogP contribution < -0.4 is 21.1 Å². The number of nitrogens with one attached hydrogen (secondary N) is 3. The maximum Gasteiger partial charge on any atom is 0.356 e. The molecule has 4 rings (SSSR count). The Morgan fingerprint density at radius 2 is 2.18 bits per heavy atom. The fraction of sp³-hybridized carbons (Fsp3) is 0.227. The van der Waals surface area contributed by atoms with Crippen molar-refractivity contribution in [2.24, 2.45) is 5.73 Å². The molecule has 0 unspecified atom stereocenters. The summed E-state index contributed by atoms with van der Waals surface area (Å²) < 4.78 is 12.1. The molecule has 1 aliphatic rings. The van der Waals surface area contributed by atoms with Crippen LogP contribution in [0, 0.1) is 5.41 Å². The maximum absolute atomic E-state index is 12.6. The number of rotatable bonds is 6. The minimum Gasteiger partial charge on any atom is -0.461 e. The van der Waals surface area contributed by atoms with E-state index in [0.29, 0.717) is 23.7 Å². The quantitative estimate of drug-likeness (QED) is 0.328. The number of benzene rings is 1. The van der Waals surface area contributed by atoms with Gasteiger partial charge >= 0.3 is 12.0 Å². The molecule has 11 nitrogen and oxygen atoms in total. The smallest absolute Gasteiger partial charge is 0.356 e. The topological polar surface area (TPSA) is 157 Å². The van der Waals surface area contributed by atoms with E-state index >= 15 is 0 Å². The first-order valence-corrected chi connectivity index (χ1v) is 10.3. The van der Waals surface area contributed by atoms with E-state index in [9.17, 15) is 9.59 Å². The molecule has 0 saturated carbocycles. The van der Waals surface area contributed by atoms with Crippen molar-refractivity contribution >= 4 is 28.6 Å². The van der Waals surface area contributed by atoms with Crippen LogP contribution in [0.5, 0.6) is 11.6 Å². The Balaban J connectivity index is 1.50. The van der Waals surface area contributed by atoms with Crippen LogP contribution in [0.1, 0.15) is 18.2 Å². The molecular weight excluding hydrogens is 426 g/mol. The predicted octanol–water partition coefficient (Wildman–Crippen LogP) is 1.81. The van der Waals surface area contributed by atoms with Crippen LogP contribution in [-0.2, 0) is 22.5 Å². The lowest BCUT2D eigenvalue weighted by atomic mass is 10.1. The minimum atomic E-state index is -0.824. The van der Waals surface area contributed by atoms with Crippen LogP contribution in [0.15, 0.2) is 48.7 Å². The molecule has 2 aromatic heterocycles. The van der Waals surface area contributed by atoms with Gasteiger partial charge in [-0.15, -0.1) is 0 Å². The van der Waals surface area contributed by atoms with Gasteiger partial charge in [-0.25, -0.2) is 19.6 Å². The number of aromatic nitrogens is 3. The van der Waals surface area contributed by atoms with Crippen LogP contribution in [0.4, 0.5) is 4.79 Å². The summed E-state index contributed by atoms with van der Waals surface area (Å²) in [5.74, 6) is 0.139. The van der Waals surface area contributed by atoms with Crippen LogP contribution in [0.25, 0.3) is 10.9 Å². The molecule has 0 fully saturated rings. The highest BCUT2D eigenvalue weighted by atomic mass is 16.5. The third kappa shape index (κ3) is 4.83. The number of hydrogen-bond acceptors (Lipinski definition) is 9. The van der Waals surface area contributed by atoms with Gasteiger partial charge < -0.3 is 20.5 Å². The molecule has 1 amide bonds. The van der Waals surface area contributed by atoms with Crippen molar-refractivity contribution in [3.8, 4) is 11.6 Å². The second kappa shape index (κ2) is 9.49. The van der Waals surface area contributed by atoms with Crippen LogP contribution in [0.2, 0.25) is 0 Å². The molecule has 0 atom stereocenters. The van der Waals surface area contributed by atoms with E-state index in [1.165, 1.54) is 10.9 Å². The molecule has 1 aliphatic heterocycles. The van der Waals surface area contributed by atoms with Gasteiger partial charge in [0.15, 0.2) is 0 Å². The van der Waals surface area contributed by atoms with Gasteiger partial charge in [0.05, 0.1) is 17.8 Å². The first-order chi connectivity index (χ1) is 16.0. The van der Waals surface area contributed by atoms with Crippen molar-refractivity contribution in [2.45, 2.75) is 19.9 Å². The molecule has 0 radical (unpaired) electrons. The standard InChI is InChI=1S/C22H23N7O4/c1-2-32-21(30)16(23)10-19(24)28-22(31)29-8-6-13-9-14(3-4-18(13)29)33-20-15-5-7-25-11-17(15)26-12-27-20/h3-4,6,8-10,12,23,25H,2,5,7,11,24H2,1H3,(H,28,31)/b19-10+,23-16?. The molecule has 1 aromatic carbocycles. The number of fused-ring (bicyclic) bond motifs is 2. The molecule has 0 aliphatic carbocycles. The van der Waals surface area contributed by atoms with E-state index in [1.54, 1.807) is 31.3 Å². The summed E-state index contributed by atoms with van der Waals surface area (Å²) in [7, 11) is 0. The lowest BCUT2D eigenvalue weighted by Gasteiger charge is -2.18. The minimum absolute atomic E-state index is 0.138. The van der Waals surface area contributed by atoms with Crippen molar-refractivity contribution in [2.75, 3.05) is 13.2 Å². The molecule has 3 aromatic rings. The highest BCUT2D eigenvalue weighted by Crippen LogP contribution is 2.29. The third-order valence-electron chi connectivity index (χ3n) is 4.98. The molecule has 33 heavy (non-hydrogen) atoms. The van der Waals surface area contributed by atoms with E-state index in [0.717, 1.165) is 35.7 Å². The lowest BCUT2D eigenvalue weighted by Crippen LogP contribution is -2.32. The Morgan fingerprint density at radius 3 is 3.00 bits per heavy atom. The Bertz CT molecular complexity index is 1260. The number of esters is 1. The number of amides is 1. The van der Waals surface area contributed by atoms with Crippen molar-refractivity contribution < 1.29 is 19.1 Å². The first-order valence-electron chi connectivity index (χ1n) is 10.3. The Hall–Kier alpha value is -4.25. The number of ether oxygens (including phenoxy) is 2. The molecule has 170 valence electrons. The Morgan fingerprint density at radius 1 is 1.33 bits per heavy atom. The second-order valence-electron chi connectivity index (χ2n) is 7.20. The van der Waals surface area contributed by atoms with Crippen molar-refractivity contribution in [3.05, 3.63) is 59.9 Å². The van der Waals surface area contributed by atoms with Crippen molar-refractivity contribution in [1.29, 1.82) is 5.41 Å². The zero-order chi connectivity index (χ0) is 23.4. The van der Waals surface area contributed by atoms with Gasteiger partial charge in [0.1, 0.15) is 23.6 Å². The van der Waals surface area contributed by atoms with Gasteiger partial charge in [-0.1, -0.05) is 0 Å². The fourth-order valence-corrected chi connectivity index (χ4v) is 3.46. The van der Waals surface area contributed by atoms with Crippen LogP contribution in [-0.4, -0.2) is 45.4 Å². The summed E-state index contributed by atoms with van der Waals surface area (Å²) >= 11 is 0. The molecule has 3 heterocycles. The normalized spacial score (nSPS) is 13.3.